The van der Waals surface area contributed by atoms with Crippen molar-refractivity contribution in [2.45, 2.75) is 31.6 Å². The molecule has 1 aromatic heterocycles. The van der Waals surface area contributed by atoms with Gasteiger partial charge in [0.05, 0.1) is 11.3 Å². The number of nitrogens with one attached hydrogen (secondary N) is 2. The first-order valence-electron chi connectivity index (χ1n) is 11.8. The van der Waals surface area contributed by atoms with Crippen LogP contribution in [0, 0.1) is 5.92 Å². The quantitative estimate of drug-likeness (QED) is 0.446. The molecule has 37 heavy (non-hydrogen) atoms. The summed E-state index contributed by atoms with van der Waals surface area (Å²) in [5, 5.41) is 5.61. The molecule has 12 heteroatoms. The highest BCUT2D eigenvalue weighted by Crippen LogP contribution is 2.35. The topological polar surface area (TPSA) is 77.7 Å². The van der Waals surface area contributed by atoms with E-state index in [0.29, 0.717) is 31.0 Å². The minimum absolute atomic E-state index is 0.0381. The summed E-state index contributed by atoms with van der Waals surface area (Å²) < 4.78 is 39.1. The first-order chi connectivity index (χ1) is 17.6. The average Bonchev–Trinajstić information content (AvgIpc) is 3.26. The summed E-state index contributed by atoms with van der Waals surface area (Å²) in [6.07, 6.45) is -2.14. The van der Waals surface area contributed by atoms with Crippen molar-refractivity contribution in [2.75, 3.05) is 24.7 Å². The van der Waals surface area contributed by atoms with Gasteiger partial charge in [0.2, 0.25) is 0 Å². The second-order valence-electron chi connectivity index (χ2n) is 9.21. The molecule has 0 bridgehead atoms. The summed E-state index contributed by atoms with van der Waals surface area (Å²) in [6, 6.07) is 9.88. The molecule has 3 heterocycles. The van der Waals surface area contributed by atoms with Crippen molar-refractivity contribution in [1.29, 1.82) is 0 Å². The highest BCUT2D eigenvalue weighted by atomic mass is 35.5. The van der Waals surface area contributed by atoms with E-state index in [-0.39, 0.29) is 22.2 Å². The van der Waals surface area contributed by atoms with E-state index < -0.39 is 24.2 Å². The number of hydroxylamine groups is 1. The minimum Gasteiger partial charge on any atom is -0.361 e. The summed E-state index contributed by atoms with van der Waals surface area (Å²) in [7, 11) is 0. The number of benzene rings is 2. The SMILES string of the molecule is O=C1NC(C2CCN(CCc3c[nH]c4cc(Cl)ccc34)CC2)N(OC(=O)C(F)(F)F)c2ccc(Cl)cc21. The van der Waals surface area contributed by atoms with Crippen molar-refractivity contribution in [3.05, 3.63) is 63.8 Å². The lowest BCUT2D eigenvalue weighted by Gasteiger charge is -2.43. The fourth-order valence-electron chi connectivity index (χ4n) is 5.00. The molecule has 5 rings (SSSR count). The van der Waals surface area contributed by atoms with Crippen molar-refractivity contribution < 1.29 is 27.6 Å². The van der Waals surface area contributed by atoms with E-state index in [2.05, 4.69) is 15.2 Å². The van der Waals surface area contributed by atoms with E-state index in [1.54, 1.807) is 0 Å². The maximum atomic E-state index is 13.0. The second-order valence-corrected chi connectivity index (χ2v) is 10.1. The Morgan fingerprint density at radius 3 is 2.51 bits per heavy atom. The maximum absolute atomic E-state index is 13.0. The number of aromatic amines is 1. The fourth-order valence-corrected chi connectivity index (χ4v) is 5.34. The second kappa shape index (κ2) is 10.1. The van der Waals surface area contributed by atoms with Crippen LogP contribution < -0.4 is 10.4 Å². The lowest BCUT2D eigenvalue weighted by molar-refractivity contribution is -0.203. The predicted octanol–water partition coefficient (Wildman–Crippen LogP) is 5.33. The number of likely N-dealkylation sites (tertiary alicyclic amines) is 1. The molecule has 0 aliphatic carbocycles. The molecular weight excluding hydrogens is 532 g/mol. The Morgan fingerprint density at radius 1 is 1.08 bits per heavy atom. The molecule has 7 nitrogen and oxygen atoms in total. The summed E-state index contributed by atoms with van der Waals surface area (Å²) in [5.74, 6) is -3.07. The van der Waals surface area contributed by atoms with Crippen LogP contribution in [0.1, 0.15) is 28.8 Å². The molecule has 1 saturated heterocycles. The average molecular weight is 555 g/mol. The number of hydrogen-bond donors (Lipinski definition) is 2. The van der Waals surface area contributed by atoms with Gasteiger partial charge in [0.1, 0.15) is 6.17 Å². The number of amides is 1. The third kappa shape index (κ3) is 5.37. The minimum atomic E-state index is -5.18. The fraction of sp³-hybridized carbons (Fsp3) is 0.360. The van der Waals surface area contributed by atoms with Crippen LogP contribution in [0.3, 0.4) is 0 Å². The number of H-pyrrole nitrogens is 1. The smallest absolute Gasteiger partial charge is 0.361 e. The zero-order valence-corrected chi connectivity index (χ0v) is 21.0. The van der Waals surface area contributed by atoms with Crippen LogP contribution in [0.25, 0.3) is 10.9 Å². The summed E-state index contributed by atoms with van der Waals surface area (Å²) in [6.45, 7) is 2.16. The number of fused-ring (bicyclic) bond motifs is 2. The van der Waals surface area contributed by atoms with Gasteiger partial charge in [-0.05, 0) is 68.2 Å². The van der Waals surface area contributed by atoms with Crippen LogP contribution in [0.4, 0.5) is 18.9 Å². The van der Waals surface area contributed by atoms with Crippen LogP contribution in [0.2, 0.25) is 10.0 Å². The number of rotatable bonds is 5. The number of carbonyl (C=O) groups excluding carboxylic acids is 2. The van der Waals surface area contributed by atoms with E-state index >= 15 is 0 Å². The Morgan fingerprint density at radius 2 is 1.78 bits per heavy atom. The third-order valence-electron chi connectivity index (χ3n) is 6.89. The molecular formula is C25H23Cl2F3N4O3. The highest BCUT2D eigenvalue weighted by Gasteiger charge is 2.46. The lowest BCUT2D eigenvalue weighted by atomic mass is 9.91. The van der Waals surface area contributed by atoms with Crippen LogP contribution in [0.15, 0.2) is 42.6 Å². The maximum Gasteiger partial charge on any atom is 0.493 e. The largest absolute Gasteiger partial charge is 0.493 e. The first-order valence-corrected chi connectivity index (χ1v) is 12.5. The Bertz CT molecular complexity index is 1340. The van der Waals surface area contributed by atoms with Crippen molar-refractivity contribution in [3.8, 4) is 0 Å². The van der Waals surface area contributed by atoms with Crippen LogP contribution >= 0.6 is 23.2 Å². The Hall–Kier alpha value is -2.95. The first kappa shape index (κ1) is 25.7. The van der Waals surface area contributed by atoms with Gasteiger partial charge in [0.25, 0.3) is 5.91 Å². The Balaban J connectivity index is 1.27. The molecule has 0 spiro atoms. The van der Waals surface area contributed by atoms with Gasteiger partial charge in [-0.3, -0.25) is 4.79 Å². The zero-order valence-electron chi connectivity index (χ0n) is 19.4. The van der Waals surface area contributed by atoms with Crippen LogP contribution in [-0.2, 0) is 16.1 Å². The molecule has 196 valence electrons. The van der Waals surface area contributed by atoms with Crippen molar-refractivity contribution >= 4 is 51.7 Å². The van der Waals surface area contributed by atoms with Crippen LogP contribution in [-0.4, -0.2) is 53.7 Å². The van der Waals surface area contributed by atoms with Crippen molar-refractivity contribution in [2.24, 2.45) is 5.92 Å². The highest BCUT2D eigenvalue weighted by molar-refractivity contribution is 6.31. The number of carbonyl (C=O) groups is 2. The third-order valence-corrected chi connectivity index (χ3v) is 7.36. The number of aromatic nitrogens is 1. The summed E-state index contributed by atoms with van der Waals surface area (Å²) in [4.78, 5) is 34.8. The lowest BCUT2D eigenvalue weighted by Crippen LogP contribution is -2.59. The molecule has 0 radical (unpaired) electrons. The number of hydrogen-bond acceptors (Lipinski definition) is 5. The van der Waals surface area contributed by atoms with E-state index in [9.17, 15) is 22.8 Å². The molecule has 2 aromatic carbocycles. The van der Waals surface area contributed by atoms with E-state index in [1.165, 1.54) is 23.8 Å². The predicted molar refractivity (Wildman–Crippen MR) is 134 cm³/mol. The molecule has 1 fully saturated rings. The molecule has 2 aliphatic heterocycles. The molecule has 3 aromatic rings. The standard InChI is InChI=1S/C25H23Cl2F3N4O3/c26-16-2-4-21-19(11-16)23(35)32-22(34(21)37-24(36)25(28,29)30)14-5-8-33(9-6-14)10-7-15-13-31-20-12-17(27)1-3-18(15)20/h1-4,11-14,22,31H,5-10H2,(H,32,35). The number of anilines is 1. The van der Waals surface area contributed by atoms with Gasteiger partial charge >= 0.3 is 12.1 Å². The van der Waals surface area contributed by atoms with E-state index in [4.69, 9.17) is 28.0 Å². The van der Waals surface area contributed by atoms with Gasteiger partial charge < -0.3 is 20.0 Å². The van der Waals surface area contributed by atoms with Crippen molar-refractivity contribution in [1.82, 2.24) is 15.2 Å². The molecule has 1 atom stereocenters. The van der Waals surface area contributed by atoms with Crippen molar-refractivity contribution in [3.63, 3.8) is 0 Å². The van der Waals surface area contributed by atoms with Gasteiger partial charge in [0, 0.05) is 39.6 Å². The summed E-state index contributed by atoms with van der Waals surface area (Å²) in [5.41, 5.74) is 2.26. The zero-order chi connectivity index (χ0) is 26.3. The molecule has 1 amide bonds. The monoisotopic (exact) mass is 554 g/mol. The summed E-state index contributed by atoms with van der Waals surface area (Å²) >= 11 is 12.0. The molecule has 1 unspecified atom stereocenters. The number of piperidine rings is 1. The molecule has 2 N–H and O–H groups in total. The normalized spacial score (nSPS) is 19.1. The van der Waals surface area contributed by atoms with E-state index in [1.807, 2.05) is 24.4 Å². The van der Waals surface area contributed by atoms with E-state index in [0.717, 1.165) is 28.9 Å². The number of nitrogens with zero attached hydrogens (tertiary/aromatic N) is 2. The van der Waals surface area contributed by atoms with Gasteiger partial charge in [-0.1, -0.05) is 29.3 Å². The van der Waals surface area contributed by atoms with Gasteiger partial charge in [0.15, 0.2) is 0 Å². The number of halogens is 5. The molecule has 0 saturated carbocycles. The number of alkyl halides is 3. The van der Waals surface area contributed by atoms with Gasteiger partial charge in [-0.2, -0.15) is 18.2 Å². The van der Waals surface area contributed by atoms with Gasteiger partial charge in [-0.25, -0.2) is 4.79 Å². The Kier molecular flexibility index (Phi) is 6.99. The Labute approximate surface area is 220 Å². The molecule has 2 aliphatic rings. The van der Waals surface area contributed by atoms with Gasteiger partial charge in [-0.15, -0.1) is 0 Å². The van der Waals surface area contributed by atoms with Crippen LogP contribution in [0.5, 0.6) is 0 Å².